The summed E-state index contributed by atoms with van der Waals surface area (Å²) in [4.78, 5) is 13.0. The van der Waals surface area contributed by atoms with E-state index in [9.17, 15) is 15.0 Å². The molecule has 5 nitrogen and oxygen atoms in total. The Balaban J connectivity index is 2.08. The van der Waals surface area contributed by atoms with Gasteiger partial charge in [0.05, 0.1) is 17.0 Å². The number of benzene rings is 2. The van der Waals surface area contributed by atoms with Crippen LogP contribution in [0.3, 0.4) is 0 Å². The largest absolute Gasteiger partial charge is 0.504 e. The van der Waals surface area contributed by atoms with Crippen LogP contribution >= 0.6 is 0 Å². The molecule has 0 aromatic heterocycles. The lowest BCUT2D eigenvalue weighted by atomic mass is 9.85. The van der Waals surface area contributed by atoms with Crippen LogP contribution in [-0.2, 0) is 4.79 Å². The Kier molecular flexibility index (Phi) is 4.08. The van der Waals surface area contributed by atoms with Crippen LogP contribution in [0.25, 0.3) is 6.08 Å². The van der Waals surface area contributed by atoms with Gasteiger partial charge in [0.15, 0.2) is 11.5 Å². The molecule has 3 rings (SSSR count). The maximum absolute atomic E-state index is 13.0. The van der Waals surface area contributed by atoms with Gasteiger partial charge in [-0.25, -0.2) is 0 Å². The van der Waals surface area contributed by atoms with E-state index >= 15 is 0 Å². The van der Waals surface area contributed by atoms with Crippen molar-refractivity contribution in [3.05, 3.63) is 59.7 Å². The molecule has 2 aromatic rings. The average Bonchev–Trinajstić information content (AvgIpc) is 2.89. The average molecular weight is 336 g/mol. The lowest BCUT2D eigenvalue weighted by Crippen LogP contribution is -2.24. The van der Waals surface area contributed by atoms with Gasteiger partial charge in [-0.05, 0) is 35.9 Å². The highest BCUT2D eigenvalue weighted by Crippen LogP contribution is 2.33. The number of aromatic hydroxyl groups is 2. The quantitative estimate of drug-likeness (QED) is 0.644. The molecular formula is C20H20N2O3. The lowest BCUT2D eigenvalue weighted by Gasteiger charge is -2.18. The summed E-state index contributed by atoms with van der Waals surface area (Å²) in [7, 11) is 0. The minimum absolute atomic E-state index is 0.199. The molecule has 0 saturated heterocycles. The fourth-order valence-corrected chi connectivity index (χ4v) is 2.64. The molecule has 0 aliphatic carbocycles. The number of phenolic OH excluding ortho intramolecular Hbond substituents is 2. The Bertz CT molecular complexity index is 878. The van der Waals surface area contributed by atoms with Crippen molar-refractivity contribution in [2.75, 3.05) is 5.01 Å². The zero-order chi connectivity index (χ0) is 18.2. The van der Waals surface area contributed by atoms with Gasteiger partial charge in [-0.1, -0.05) is 45.0 Å². The van der Waals surface area contributed by atoms with E-state index in [1.165, 1.54) is 17.1 Å². The second-order valence-corrected chi connectivity index (χ2v) is 6.96. The fraction of sp³-hybridized carbons (Fsp3) is 0.200. The number of hydrogen-bond donors (Lipinski definition) is 2. The third-order valence-electron chi connectivity index (χ3n) is 3.90. The topological polar surface area (TPSA) is 73.1 Å². The van der Waals surface area contributed by atoms with E-state index in [0.29, 0.717) is 22.5 Å². The first-order valence-corrected chi connectivity index (χ1v) is 8.00. The van der Waals surface area contributed by atoms with Crippen molar-refractivity contribution >= 4 is 23.4 Å². The SMILES string of the molecule is CC(C)(C)C1=NN(c2ccccc2)C(=O)C1=Cc1ccc(O)c(O)c1. The van der Waals surface area contributed by atoms with Crippen molar-refractivity contribution in [2.45, 2.75) is 20.8 Å². The van der Waals surface area contributed by atoms with Crippen LogP contribution in [0.1, 0.15) is 26.3 Å². The molecule has 2 N–H and O–H groups in total. The van der Waals surface area contributed by atoms with E-state index in [2.05, 4.69) is 5.10 Å². The van der Waals surface area contributed by atoms with E-state index in [4.69, 9.17) is 0 Å². The number of para-hydroxylation sites is 1. The molecule has 1 amide bonds. The maximum Gasteiger partial charge on any atom is 0.280 e. The number of anilines is 1. The number of carbonyl (C=O) groups is 1. The standard InChI is InChI=1S/C20H20N2O3/c1-20(2,3)18-15(11-13-9-10-16(23)17(24)12-13)19(25)22(21-18)14-7-5-4-6-8-14/h4-12,23-24H,1-3H3. The van der Waals surface area contributed by atoms with Crippen LogP contribution in [0.15, 0.2) is 59.2 Å². The minimum Gasteiger partial charge on any atom is -0.504 e. The van der Waals surface area contributed by atoms with Crippen molar-refractivity contribution < 1.29 is 15.0 Å². The highest BCUT2D eigenvalue weighted by Gasteiger charge is 2.37. The van der Waals surface area contributed by atoms with Crippen molar-refractivity contribution in [3.8, 4) is 11.5 Å². The third-order valence-corrected chi connectivity index (χ3v) is 3.90. The number of hydrogen-bond acceptors (Lipinski definition) is 4. The van der Waals surface area contributed by atoms with Crippen molar-refractivity contribution in [2.24, 2.45) is 10.5 Å². The van der Waals surface area contributed by atoms with Crippen LogP contribution in [0, 0.1) is 5.41 Å². The summed E-state index contributed by atoms with van der Waals surface area (Å²) in [5.41, 5.74) is 2.14. The van der Waals surface area contributed by atoms with Gasteiger partial charge in [-0.2, -0.15) is 10.1 Å². The molecule has 5 heteroatoms. The summed E-state index contributed by atoms with van der Waals surface area (Å²) in [6.45, 7) is 5.99. The van der Waals surface area contributed by atoms with Crippen LogP contribution in [0.5, 0.6) is 11.5 Å². The molecule has 2 aromatic carbocycles. The Morgan fingerprint density at radius 2 is 1.68 bits per heavy atom. The Morgan fingerprint density at radius 3 is 2.28 bits per heavy atom. The van der Waals surface area contributed by atoms with Gasteiger partial charge in [0, 0.05) is 5.41 Å². The third kappa shape index (κ3) is 3.26. The maximum atomic E-state index is 13.0. The first-order chi connectivity index (χ1) is 11.8. The van der Waals surface area contributed by atoms with Gasteiger partial charge in [-0.3, -0.25) is 4.79 Å². The number of carbonyl (C=O) groups excluding carboxylic acids is 1. The second kappa shape index (κ2) is 6.09. The monoisotopic (exact) mass is 336 g/mol. The number of phenols is 2. The van der Waals surface area contributed by atoms with Gasteiger partial charge < -0.3 is 10.2 Å². The summed E-state index contributed by atoms with van der Waals surface area (Å²) in [5, 5.41) is 25.1. The lowest BCUT2D eigenvalue weighted by molar-refractivity contribution is -0.114. The zero-order valence-electron chi connectivity index (χ0n) is 14.4. The smallest absolute Gasteiger partial charge is 0.280 e. The molecule has 128 valence electrons. The van der Waals surface area contributed by atoms with Crippen molar-refractivity contribution in [3.63, 3.8) is 0 Å². The number of nitrogens with zero attached hydrogens (tertiary/aromatic N) is 2. The summed E-state index contributed by atoms with van der Waals surface area (Å²) in [6.07, 6.45) is 1.69. The van der Waals surface area contributed by atoms with Crippen molar-refractivity contribution in [1.82, 2.24) is 0 Å². The summed E-state index contributed by atoms with van der Waals surface area (Å²) >= 11 is 0. The summed E-state index contributed by atoms with van der Waals surface area (Å²) in [6, 6.07) is 13.7. The molecule has 1 aliphatic rings. The Hall–Kier alpha value is -3.08. The van der Waals surface area contributed by atoms with Gasteiger partial charge in [-0.15, -0.1) is 0 Å². The Morgan fingerprint density at radius 1 is 1.00 bits per heavy atom. The van der Waals surface area contributed by atoms with E-state index in [1.807, 2.05) is 51.1 Å². The summed E-state index contributed by atoms with van der Waals surface area (Å²) < 4.78 is 0. The molecule has 0 bridgehead atoms. The molecule has 0 fully saturated rings. The first-order valence-electron chi connectivity index (χ1n) is 8.00. The second-order valence-electron chi connectivity index (χ2n) is 6.96. The van der Waals surface area contributed by atoms with Crippen LogP contribution < -0.4 is 5.01 Å². The van der Waals surface area contributed by atoms with Gasteiger partial charge in [0.2, 0.25) is 0 Å². The van der Waals surface area contributed by atoms with Crippen LogP contribution in [0.2, 0.25) is 0 Å². The summed E-state index contributed by atoms with van der Waals surface area (Å²) in [5.74, 6) is -0.645. The number of amides is 1. The molecule has 1 aliphatic heterocycles. The highest BCUT2D eigenvalue weighted by molar-refractivity contribution is 6.34. The molecule has 0 spiro atoms. The van der Waals surface area contributed by atoms with E-state index in [-0.39, 0.29) is 22.8 Å². The van der Waals surface area contributed by atoms with E-state index in [0.717, 1.165) is 0 Å². The van der Waals surface area contributed by atoms with Crippen LogP contribution in [0.4, 0.5) is 5.69 Å². The molecule has 0 unspecified atom stereocenters. The molecule has 25 heavy (non-hydrogen) atoms. The molecule has 1 heterocycles. The van der Waals surface area contributed by atoms with E-state index < -0.39 is 0 Å². The van der Waals surface area contributed by atoms with Gasteiger partial charge in [0.1, 0.15) is 0 Å². The first kappa shape index (κ1) is 16.8. The normalized spacial score (nSPS) is 16.4. The predicted molar refractivity (Wildman–Crippen MR) is 98.6 cm³/mol. The highest BCUT2D eigenvalue weighted by atomic mass is 16.3. The predicted octanol–water partition coefficient (Wildman–Crippen LogP) is 3.93. The van der Waals surface area contributed by atoms with Crippen molar-refractivity contribution in [1.29, 1.82) is 0 Å². The molecule has 0 radical (unpaired) electrons. The molecule has 0 saturated carbocycles. The number of rotatable bonds is 2. The Labute approximate surface area is 146 Å². The zero-order valence-corrected chi connectivity index (χ0v) is 14.4. The minimum atomic E-state index is -0.329. The van der Waals surface area contributed by atoms with Crippen LogP contribution in [-0.4, -0.2) is 21.8 Å². The van der Waals surface area contributed by atoms with Gasteiger partial charge >= 0.3 is 0 Å². The molecular weight excluding hydrogens is 316 g/mol. The fourth-order valence-electron chi connectivity index (χ4n) is 2.64. The van der Waals surface area contributed by atoms with E-state index in [1.54, 1.807) is 12.1 Å². The molecule has 0 atom stereocenters. The van der Waals surface area contributed by atoms with Gasteiger partial charge in [0.25, 0.3) is 5.91 Å². The number of hydrazone groups is 1.